The van der Waals surface area contributed by atoms with Gasteiger partial charge < -0.3 is 11.1 Å². The van der Waals surface area contributed by atoms with Gasteiger partial charge >= 0.3 is 0 Å². The fraction of sp³-hybridized carbons (Fsp3) is 0.583. The Morgan fingerprint density at radius 2 is 2.06 bits per heavy atom. The van der Waals surface area contributed by atoms with Crippen LogP contribution in [0.2, 0.25) is 0 Å². The van der Waals surface area contributed by atoms with Gasteiger partial charge in [-0.3, -0.25) is 4.79 Å². The van der Waals surface area contributed by atoms with Gasteiger partial charge in [-0.1, -0.05) is 13.8 Å². The Morgan fingerprint density at radius 3 is 2.56 bits per heavy atom. The average Bonchev–Trinajstić information content (AvgIpc) is 2.44. The highest BCUT2D eigenvalue weighted by molar-refractivity contribution is 7.14. The SMILES string of the molecule is CC(C)Cc1csc(N)c1C(=O)NC(C)C. The van der Waals surface area contributed by atoms with Crippen molar-refractivity contribution in [1.29, 1.82) is 0 Å². The van der Waals surface area contributed by atoms with Gasteiger partial charge in [-0.2, -0.15) is 0 Å². The normalized spacial score (nSPS) is 11.1. The Hall–Kier alpha value is -1.03. The van der Waals surface area contributed by atoms with Crippen LogP contribution in [0.4, 0.5) is 5.00 Å². The number of carbonyl (C=O) groups excluding carboxylic acids is 1. The van der Waals surface area contributed by atoms with Crippen LogP contribution >= 0.6 is 11.3 Å². The van der Waals surface area contributed by atoms with E-state index in [4.69, 9.17) is 5.73 Å². The summed E-state index contributed by atoms with van der Waals surface area (Å²) in [6.45, 7) is 8.17. The Bertz CT molecular complexity index is 369. The van der Waals surface area contributed by atoms with Crippen LogP contribution in [0.25, 0.3) is 0 Å². The molecule has 4 heteroatoms. The number of nitrogens with one attached hydrogen (secondary N) is 1. The molecule has 0 aliphatic carbocycles. The second-order valence-corrected chi connectivity index (χ2v) is 5.64. The number of hydrogen-bond acceptors (Lipinski definition) is 3. The molecule has 0 spiro atoms. The molecule has 0 unspecified atom stereocenters. The quantitative estimate of drug-likeness (QED) is 0.850. The number of amides is 1. The zero-order valence-corrected chi connectivity index (χ0v) is 11.1. The summed E-state index contributed by atoms with van der Waals surface area (Å²) in [6.07, 6.45) is 0.897. The van der Waals surface area contributed by atoms with Crippen LogP contribution in [0.5, 0.6) is 0 Å². The highest BCUT2D eigenvalue weighted by Gasteiger charge is 2.18. The minimum absolute atomic E-state index is 0.0515. The van der Waals surface area contributed by atoms with E-state index in [1.165, 1.54) is 11.3 Å². The van der Waals surface area contributed by atoms with Crippen molar-refractivity contribution in [3.63, 3.8) is 0 Å². The van der Waals surface area contributed by atoms with E-state index < -0.39 is 0 Å². The molecule has 1 amide bonds. The molecule has 3 nitrogen and oxygen atoms in total. The van der Waals surface area contributed by atoms with Crippen molar-refractivity contribution < 1.29 is 4.79 Å². The number of carbonyl (C=O) groups is 1. The highest BCUT2D eigenvalue weighted by Crippen LogP contribution is 2.27. The van der Waals surface area contributed by atoms with Gasteiger partial charge in [-0.15, -0.1) is 11.3 Å². The summed E-state index contributed by atoms with van der Waals surface area (Å²) in [5.41, 5.74) is 7.59. The maximum absolute atomic E-state index is 12.0. The lowest BCUT2D eigenvalue weighted by Gasteiger charge is -2.11. The van der Waals surface area contributed by atoms with E-state index in [9.17, 15) is 4.79 Å². The first-order chi connectivity index (χ1) is 7.41. The topological polar surface area (TPSA) is 55.1 Å². The molecule has 0 saturated carbocycles. The largest absolute Gasteiger partial charge is 0.390 e. The van der Waals surface area contributed by atoms with Crippen LogP contribution in [-0.2, 0) is 6.42 Å². The minimum atomic E-state index is -0.0515. The van der Waals surface area contributed by atoms with Crippen LogP contribution in [-0.4, -0.2) is 11.9 Å². The molecule has 1 heterocycles. The monoisotopic (exact) mass is 240 g/mol. The van der Waals surface area contributed by atoms with Crippen LogP contribution in [0.3, 0.4) is 0 Å². The molecular formula is C12H20N2OS. The smallest absolute Gasteiger partial charge is 0.254 e. The fourth-order valence-electron chi connectivity index (χ4n) is 1.59. The van der Waals surface area contributed by atoms with E-state index in [0.717, 1.165) is 12.0 Å². The summed E-state index contributed by atoms with van der Waals surface area (Å²) in [5.74, 6) is 0.476. The molecule has 0 aliphatic rings. The van der Waals surface area contributed by atoms with Crippen molar-refractivity contribution in [3.05, 3.63) is 16.5 Å². The van der Waals surface area contributed by atoms with E-state index in [2.05, 4.69) is 19.2 Å². The zero-order chi connectivity index (χ0) is 12.3. The van der Waals surface area contributed by atoms with Gasteiger partial charge in [-0.25, -0.2) is 0 Å². The lowest BCUT2D eigenvalue weighted by Crippen LogP contribution is -2.31. The second kappa shape index (κ2) is 5.34. The molecule has 0 saturated heterocycles. The number of hydrogen-bond donors (Lipinski definition) is 2. The average molecular weight is 240 g/mol. The first-order valence-corrected chi connectivity index (χ1v) is 6.46. The predicted molar refractivity (Wildman–Crippen MR) is 69.9 cm³/mol. The molecule has 90 valence electrons. The molecule has 1 aromatic heterocycles. The number of anilines is 1. The molecular weight excluding hydrogens is 220 g/mol. The van der Waals surface area contributed by atoms with Gasteiger partial charge in [0.1, 0.15) is 0 Å². The third kappa shape index (κ3) is 3.23. The molecule has 0 fully saturated rings. The second-order valence-electron chi connectivity index (χ2n) is 4.73. The van der Waals surface area contributed by atoms with E-state index in [-0.39, 0.29) is 11.9 Å². The lowest BCUT2D eigenvalue weighted by atomic mass is 10.0. The fourth-order valence-corrected chi connectivity index (χ4v) is 2.42. The van der Waals surface area contributed by atoms with Crippen molar-refractivity contribution in [2.24, 2.45) is 5.92 Å². The summed E-state index contributed by atoms with van der Waals surface area (Å²) >= 11 is 1.45. The molecule has 1 rings (SSSR count). The molecule has 16 heavy (non-hydrogen) atoms. The number of nitrogen functional groups attached to an aromatic ring is 1. The first-order valence-electron chi connectivity index (χ1n) is 5.58. The predicted octanol–water partition coefficient (Wildman–Crippen LogP) is 2.67. The van der Waals surface area contributed by atoms with E-state index in [1.54, 1.807) is 0 Å². The van der Waals surface area contributed by atoms with Crippen LogP contribution in [0.15, 0.2) is 5.38 Å². The van der Waals surface area contributed by atoms with Crippen LogP contribution < -0.4 is 11.1 Å². The Morgan fingerprint density at radius 1 is 1.44 bits per heavy atom. The summed E-state index contributed by atoms with van der Waals surface area (Å²) in [6, 6.07) is 0.138. The Labute approximate surface area is 101 Å². The van der Waals surface area contributed by atoms with Gasteiger partial charge in [0.05, 0.1) is 10.6 Å². The van der Waals surface area contributed by atoms with Gasteiger partial charge in [0.15, 0.2) is 0 Å². The van der Waals surface area contributed by atoms with E-state index in [1.807, 2.05) is 19.2 Å². The Balaban J connectivity index is 2.92. The van der Waals surface area contributed by atoms with Crippen molar-refractivity contribution in [2.75, 3.05) is 5.73 Å². The zero-order valence-electron chi connectivity index (χ0n) is 10.3. The first kappa shape index (κ1) is 13.0. The molecule has 3 N–H and O–H groups in total. The van der Waals surface area contributed by atoms with E-state index in [0.29, 0.717) is 16.5 Å². The summed E-state index contributed by atoms with van der Waals surface area (Å²) < 4.78 is 0. The standard InChI is InChI=1S/C12H20N2OS/c1-7(2)5-9-6-16-11(13)10(9)12(15)14-8(3)4/h6-8H,5,13H2,1-4H3,(H,14,15). The van der Waals surface area contributed by atoms with Crippen molar-refractivity contribution >= 4 is 22.2 Å². The number of rotatable bonds is 4. The van der Waals surface area contributed by atoms with Crippen molar-refractivity contribution in [3.8, 4) is 0 Å². The van der Waals surface area contributed by atoms with E-state index >= 15 is 0 Å². The maximum Gasteiger partial charge on any atom is 0.254 e. The minimum Gasteiger partial charge on any atom is -0.390 e. The highest BCUT2D eigenvalue weighted by atomic mass is 32.1. The summed E-state index contributed by atoms with van der Waals surface area (Å²) in [5, 5.41) is 5.50. The summed E-state index contributed by atoms with van der Waals surface area (Å²) in [7, 11) is 0. The number of nitrogens with two attached hydrogens (primary N) is 1. The molecule has 0 aliphatic heterocycles. The van der Waals surface area contributed by atoms with Gasteiger partial charge in [0.25, 0.3) is 5.91 Å². The van der Waals surface area contributed by atoms with Crippen LogP contribution in [0.1, 0.15) is 43.6 Å². The molecule has 0 radical (unpaired) electrons. The summed E-state index contributed by atoms with van der Waals surface area (Å²) in [4.78, 5) is 12.0. The Kier molecular flexibility index (Phi) is 4.35. The third-order valence-electron chi connectivity index (χ3n) is 2.17. The van der Waals surface area contributed by atoms with Gasteiger partial charge in [-0.05, 0) is 37.1 Å². The maximum atomic E-state index is 12.0. The third-order valence-corrected chi connectivity index (χ3v) is 3.03. The van der Waals surface area contributed by atoms with Crippen molar-refractivity contribution in [1.82, 2.24) is 5.32 Å². The van der Waals surface area contributed by atoms with Crippen LogP contribution in [0, 0.1) is 5.92 Å². The van der Waals surface area contributed by atoms with Crippen molar-refractivity contribution in [2.45, 2.75) is 40.2 Å². The van der Waals surface area contributed by atoms with Gasteiger partial charge in [0.2, 0.25) is 0 Å². The molecule has 0 aromatic carbocycles. The molecule has 0 bridgehead atoms. The number of thiophene rings is 1. The lowest BCUT2D eigenvalue weighted by molar-refractivity contribution is 0.0943. The van der Waals surface area contributed by atoms with Gasteiger partial charge in [0, 0.05) is 6.04 Å². The molecule has 1 aromatic rings. The molecule has 0 atom stereocenters.